The zero-order valence-electron chi connectivity index (χ0n) is 5.95. The number of halogens is 1. The third kappa shape index (κ3) is 0.939. The standard InChI is InChI=1S/C7H6BrN3/c1-5-6-4-9-2-3-11(6)10-7(5)8/h2-4H,1H3. The van der Waals surface area contributed by atoms with Crippen molar-refractivity contribution >= 4 is 21.4 Å². The Morgan fingerprint density at radius 3 is 3.09 bits per heavy atom. The minimum absolute atomic E-state index is 0.880. The molecule has 0 aromatic carbocycles. The van der Waals surface area contributed by atoms with Crippen LogP contribution in [0.5, 0.6) is 0 Å². The summed E-state index contributed by atoms with van der Waals surface area (Å²) in [7, 11) is 0. The third-order valence-electron chi connectivity index (χ3n) is 1.63. The minimum Gasteiger partial charge on any atom is -0.261 e. The van der Waals surface area contributed by atoms with Crippen LogP contribution in [0, 0.1) is 6.92 Å². The first-order valence-corrected chi connectivity index (χ1v) is 4.03. The topological polar surface area (TPSA) is 30.2 Å². The summed E-state index contributed by atoms with van der Waals surface area (Å²) in [6, 6.07) is 0. The maximum atomic E-state index is 4.21. The van der Waals surface area contributed by atoms with Gasteiger partial charge in [0.1, 0.15) is 4.60 Å². The van der Waals surface area contributed by atoms with E-state index in [1.807, 2.05) is 13.1 Å². The molecule has 0 aliphatic heterocycles. The van der Waals surface area contributed by atoms with Crippen molar-refractivity contribution in [2.75, 3.05) is 0 Å². The van der Waals surface area contributed by atoms with Gasteiger partial charge in [-0.3, -0.25) is 4.98 Å². The highest BCUT2D eigenvalue weighted by Crippen LogP contribution is 2.17. The van der Waals surface area contributed by atoms with Crippen molar-refractivity contribution in [2.24, 2.45) is 0 Å². The summed E-state index contributed by atoms with van der Waals surface area (Å²) in [4.78, 5) is 4.01. The SMILES string of the molecule is Cc1c(Br)nn2ccncc12. The Balaban J connectivity index is 2.92. The Morgan fingerprint density at radius 2 is 2.36 bits per heavy atom. The molecule has 0 aliphatic rings. The van der Waals surface area contributed by atoms with Crippen LogP contribution in [0.1, 0.15) is 5.56 Å². The quantitative estimate of drug-likeness (QED) is 0.666. The molecule has 2 aromatic rings. The molecule has 0 spiro atoms. The van der Waals surface area contributed by atoms with Crippen LogP contribution in [0.4, 0.5) is 0 Å². The highest BCUT2D eigenvalue weighted by atomic mass is 79.9. The van der Waals surface area contributed by atoms with Gasteiger partial charge in [-0.25, -0.2) is 4.52 Å². The first kappa shape index (κ1) is 6.79. The van der Waals surface area contributed by atoms with Gasteiger partial charge in [-0.2, -0.15) is 5.10 Å². The molecular formula is C7H6BrN3. The molecule has 0 amide bonds. The number of rotatable bonds is 0. The van der Waals surface area contributed by atoms with E-state index < -0.39 is 0 Å². The lowest BCUT2D eigenvalue weighted by molar-refractivity contribution is 0.933. The van der Waals surface area contributed by atoms with Crippen LogP contribution < -0.4 is 0 Å². The van der Waals surface area contributed by atoms with Crippen molar-refractivity contribution in [1.82, 2.24) is 14.6 Å². The van der Waals surface area contributed by atoms with Crippen LogP contribution in [0.3, 0.4) is 0 Å². The Labute approximate surface area is 72.2 Å². The molecule has 0 unspecified atom stereocenters. The number of fused-ring (bicyclic) bond motifs is 1. The summed E-state index contributed by atoms with van der Waals surface area (Å²) in [5.41, 5.74) is 2.16. The summed E-state index contributed by atoms with van der Waals surface area (Å²) in [5, 5.41) is 4.21. The zero-order chi connectivity index (χ0) is 7.84. The van der Waals surface area contributed by atoms with Gasteiger partial charge in [-0.15, -0.1) is 0 Å². The Hall–Kier alpha value is -0.900. The second-order valence-electron chi connectivity index (χ2n) is 2.32. The highest BCUT2D eigenvalue weighted by molar-refractivity contribution is 9.10. The van der Waals surface area contributed by atoms with E-state index in [4.69, 9.17) is 0 Å². The van der Waals surface area contributed by atoms with E-state index in [0.717, 1.165) is 15.7 Å². The molecule has 3 nitrogen and oxygen atoms in total. The maximum Gasteiger partial charge on any atom is 0.132 e. The lowest BCUT2D eigenvalue weighted by atomic mass is 10.3. The molecule has 0 saturated heterocycles. The van der Waals surface area contributed by atoms with Gasteiger partial charge < -0.3 is 0 Å². The number of nitrogens with zero attached hydrogens (tertiary/aromatic N) is 3. The van der Waals surface area contributed by atoms with Crippen LogP contribution in [-0.2, 0) is 0 Å². The van der Waals surface area contributed by atoms with Crippen molar-refractivity contribution in [3.8, 4) is 0 Å². The van der Waals surface area contributed by atoms with E-state index >= 15 is 0 Å². The molecule has 11 heavy (non-hydrogen) atoms. The lowest BCUT2D eigenvalue weighted by Gasteiger charge is -1.88. The number of aryl methyl sites for hydroxylation is 1. The number of hydrogen-bond acceptors (Lipinski definition) is 2. The summed E-state index contributed by atoms with van der Waals surface area (Å²) in [6.07, 6.45) is 5.34. The van der Waals surface area contributed by atoms with Gasteiger partial charge in [0.25, 0.3) is 0 Å². The first-order valence-electron chi connectivity index (χ1n) is 3.23. The summed E-state index contributed by atoms with van der Waals surface area (Å²) < 4.78 is 2.68. The molecule has 0 bridgehead atoms. The summed E-state index contributed by atoms with van der Waals surface area (Å²) >= 11 is 3.35. The molecule has 56 valence electrons. The smallest absolute Gasteiger partial charge is 0.132 e. The molecule has 2 rings (SSSR count). The fourth-order valence-corrected chi connectivity index (χ4v) is 1.36. The van der Waals surface area contributed by atoms with E-state index in [1.165, 1.54) is 0 Å². The maximum absolute atomic E-state index is 4.21. The zero-order valence-corrected chi connectivity index (χ0v) is 7.54. The van der Waals surface area contributed by atoms with Crippen molar-refractivity contribution in [1.29, 1.82) is 0 Å². The average molecular weight is 212 g/mol. The Kier molecular flexibility index (Phi) is 1.42. The molecule has 0 saturated carbocycles. The van der Waals surface area contributed by atoms with E-state index in [-0.39, 0.29) is 0 Å². The first-order chi connectivity index (χ1) is 5.29. The van der Waals surface area contributed by atoms with Crippen LogP contribution >= 0.6 is 15.9 Å². The van der Waals surface area contributed by atoms with Crippen LogP contribution in [0.2, 0.25) is 0 Å². The molecule has 2 aromatic heterocycles. The monoisotopic (exact) mass is 211 g/mol. The van der Waals surface area contributed by atoms with Gasteiger partial charge in [0.15, 0.2) is 0 Å². The van der Waals surface area contributed by atoms with E-state index in [2.05, 4.69) is 26.0 Å². The van der Waals surface area contributed by atoms with Crippen molar-refractivity contribution in [2.45, 2.75) is 6.92 Å². The predicted molar refractivity (Wildman–Crippen MR) is 45.4 cm³/mol. The molecule has 2 heterocycles. The minimum atomic E-state index is 0.880. The Morgan fingerprint density at radius 1 is 1.55 bits per heavy atom. The molecular weight excluding hydrogens is 206 g/mol. The lowest BCUT2D eigenvalue weighted by Crippen LogP contribution is -1.85. The third-order valence-corrected chi connectivity index (χ3v) is 2.38. The normalized spacial score (nSPS) is 10.7. The van der Waals surface area contributed by atoms with Gasteiger partial charge in [0.2, 0.25) is 0 Å². The number of hydrogen-bond donors (Lipinski definition) is 0. The summed E-state index contributed by atoms with van der Waals surface area (Å²) in [5.74, 6) is 0. The molecule has 0 N–H and O–H groups in total. The second-order valence-corrected chi connectivity index (χ2v) is 3.07. The largest absolute Gasteiger partial charge is 0.261 e. The fraction of sp³-hybridized carbons (Fsp3) is 0.143. The van der Waals surface area contributed by atoms with E-state index in [1.54, 1.807) is 16.9 Å². The second kappa shape index (κ2) is 2.30. The van der Waals surface area contributed by atoms with Gasteiger partial charge in [-0.1, -0.05) is 0 Å². The van der Waals surface area contributed by atoms with Crippen LogP contribution in [0.25, 0.3) is 5.52 Å². The van der Waals surface area contributed by atoms with E-state index in [0.29, 0.717) is 0 Å². The van der Waals surface area contributed by atoms with Crippen LogP contribution in [-0.4, -0.2) is 14.6 Å². The van der Waals surface area contributed by atoms with Crippen molar-refractivity contribution in [3.05, 3.63) is 28.8 Å². The molecule has 4 heteroatoms. The summed E-state index contributed by atoms with van der Waals surface area (Å²) in [6.45, 7) is 2.01. The predicted octanol–water partition coefficient (Wildman–Crippen LogP) is 1.80. The highest BCUT2D eigenvalue weighted by Gasteiger charge is 2.03. The Bertz CT molecular complexity index is 393. The fourth-order valence-electron chi connectivity index (χ4n) is 0.986. The van der Waals surface area contributed by atoms with Gasteiger partial charge in [0.05, 0.1) is 11.7 Å². The molecule has 0 atom stereocenters. The average Bonchev–Trinajstić information content (AvgIpc) is 2.30. The molecule has 0 fully saturated rings. The molecule has 0 radical (unpaired) electrons. The molecule has 0 aliphatic carbocycles. The van der Waals surface area contributed by atoms with Gasteiger partial charge in [0, 0.05) is 18.0 Å². The number of aromatic nitrogens is 3. The van der Waals surface area contributed by atoms with E-state index in [9.17, 15) is 0 Å². The van der Waals surface area contributed by atoms with Crippen molar-refractivity contribution < 1.29 is 0 Å². The van der Waals surface area contributed by atoms with Gasteiger partial charge in [-0.05, 0) is 22.9 Å². The van der Waals surface area contributed by atoms with Crippen molar-refractivity contribution in [3.63, 3.8) is 0 Å². The van der Waals surface area contributed by atoms with Gasteiger partial charge >= 0.3 is 0 Å². The van der Waals surface area contributed by atoms with Crippen LogP contribution in [0.15, 0.2) is 23.2 Å².